The number of hydrogen-bond donors (Lipinski definition) is 1. The molecule has 1 aromatic carbocycles. The Morgan fingerprint density at radius 1 is 1.36 bits per heavy atom. The lowest BCUT2D eigenvalue weighted by molar-refractivity contribution is 0.0734. The predicted molar refractivity (Wildman–Crippen MR) is 101 cm³/mol. The molecule has 0 fully saturated rings. The number of rotatable bonds is 2. The number of nitrogens with two attached hydrogens (primary N) is 1. The molecule has 0 unspecified atom stereocenters. The minimum Gasteiger partial charge on any atom is -0.463 e. The van der Waals surface area contributed by atoms with E-state index in [-0.39, 0.29) is 18.3 Å². The predicted octanol–water partition coefficient (Wildman–Crippen LogP) is 3.59. The summed E-state index contributed by atoms with van der Waals surface area (Å²) in [5.74, 6) is 0.00458. The van der Waals surface area contributed by atoms with Gasteiger partial charge in [0.25, 0.3) is 5.91 Å². The van der Waals surface area contributed by atoms with E-state index >= 15 is 0 Å². The summed E-state index contributed by atoms with van der Waals surface area (Å²) in [6.07, 6.45) is 2.42. The number of carbonyl (C=O) groups excluding carboxylic acids is 1. The maximum atomic E-state index is 13.0. The fraction of sp³-hybridized carbons (Fsp3) is 0.333. The molecule has 2 aromatic heterocycles. The third-order valence-corrected chi connectivity index (χ3v) is 5.83. The normalized spacial score (nSPS) is 13.6. The number of nitrogens with zero attached hydrogens (tertiary/aromatic N) is 2. The van der Waals surface area contributed by atoms with E-state index in [1.165, 1.54) is 4.88 Å². The Kier molecular flexibility index (Phi) is 4.86. The van der Waals surface area contributed by atoms with Crippen LogP contribution in [-0.2, 0) is 19.5 Å². The maximum absolute atomic E-state index is 13.0. The second-order valence-electron chi connectivity index (χ2n) is 6.24. The number of fused-ring (bicyclic) bond motifs is 2. The minimum absolute atomic E-state index is 0. The standard InChI is InChI=1S/C18H19N3O2S.ClH/c1-10-5-12-13(9-23-15(12)6-11(10)2)18(22)21-4-3-16-14(8-21)20-17(7-19)24-16;/h5-6,9H,3-4,7-8,19H2,1-2H3;1H. The number of furan rings is 1. The van der Waals surface area contributed by atoms with Gasteiger partial charge in [0.1, 0.15) is 16.9 Å². The van der Waals surface area contributed by atoms with Crippen LogP contribution in [-0.4, -0.2) is 22.3 Å². The van der Waals surface area contributed by atoms with Gasteiger partial charge >= 0.3 is 0 Å². The van der Waals surface area contributed by atoms with E-state index in [2.05, 4.69) is 4.98 Å². The van der Waals surface area contributed by atoms with Crippen molar-refractivity contribution in [2.24, 2.45) is 5.73 Å². The summed E-state index contributed by atoms with van der Waals surface area (Å²) in [5.41, 5.74) is 10.4. The van der Waals surface area contributed by atoms with E-state index in [0.29, 0.717) is 25.2 Å². The Morgan fingerprint density at radius 3 is 2.88 bits per heavy atom. The molecule has 3 aromatic rings. The lowest BCUT2D eigenvalue weighted by atomic mass is 10.0. The highest BCUT2D eigenvalue weighted by molar-refractivity contribution is 7.11. The van der Waals surface area contributed by atoms with Gasteiger partial charge in [-0.25, -0.2) is 4.98 Å². The van der Waals surface area contributed by atoms with Crippen LogP contribution in [0.3, 0.4) is 0 Å². The van der Waals surface area contributed by atoms with Crippen molar-refractivity contribution in [2.45, 2.75) is 33.4 Å². The largest absolute Gasteiger partial charge is 0.463 e. The molecular formula is C18H20ClN3O2S. The second kappa shape index (κ2) is 6.78. The number of amides is 1. The van der Waals surface area contributed by atoms with E-state index < -0.39 is 0 Å². The summed E-state index contributed by atoms with van der Waals surface area (Å²) in [6.45, 7) is 5.80. The zero-order valence-corrected chi connectivity index (χ0v) is 15.8. The number of carbonyl (C=O) groups is 1. The molecule has 4 rings (SSSR count). The summed E-state index contributed by atoms with van der Waals surface area (Å²) in [7, 11) is 0. The van der Waals surface area contributed by atoms with Crippen LogP contribution in [0, 0.1) is 13.8 Å². The molecule has 0 saturated carbocycles. The summed E-state index contributed by atoms with van der Waals surface area (Å²) in [4.78, 5) is 20.6. The molecule has 132 valence electrons. The summed E-state index contributed by atoms with van der Waals surface area (Å²) >= 11 is 1.66. The SMILES string of the molecule is Cc1cc2occ(C(=O)N3CCc4sc(CN)nc4C3)c2cc1C.Cl. The van der Waals surface area contributed by atoms with E-state index in [0.717, 1.165) is 39.2 Å². The van der Waals surface area contributed by atoms with Crippen molar-refractivity contribution in [3.63, 3.8) is 0 Å². The van der Waals surface area contributed by atoms with Gasteiger partial charge in [0, 0.05) is 29.8 Å². The van der Waals surface area contributed by atoms with Crippen LogP contribution in [0.5, 0.6) is 0 Å². The van der Waals surface area contributed by atoms with Gasteiger partial charge in [-0.1, -0.05) is 0 Å². The fourth-order valence-electron chi connectivity index (χ4n) is 3.13. The van der Waals surface area contributed by atoms with Crippen LogP contribution < -0.4 is 5.73 Å². The Morgan fingerprint density at radius 2 is 2.12 bits per heavy atom. The van der Waals surface area contributed by atoms with Gasteiger partial charge in [-0.3, -0.25) is 4.79 Å². The van der Waals surface area contributed by atoms with Crippen molar-refractivity contribution in [1.82, 2.24) is 9.88 Å². The van der Waals surface area contributed by atoms with Crippen LogP contribution in [0.2, 0.25) is 0 Å². The number of hydrogen-bond acceptors (Lipinski definition) is 5. The van der Waals surface area contributed by atoms with Crippen LogP contribution in [0.4, 0.5) is 0 Å². The molecule has 2 N–H and O–H groups in total. The van der Waals surface area contributed by atoms with Crippen LogP contribution in [0.1, 0.15) is 37.1 Å². The van der Waals surface area contributed by atoms with E-state index in [4.69, 9.17) is 10.2 Å². The first-order chi connectivity index (χ1) is 11.6. The van der Waals surface area contributed by atoms with Crippen LogP contribution in [0.15, 0.2) is 22.8 Å². The lowest BCUT2D eigenvalue weighted by Crippen LogP contribution is -2.35. The molecule has 1 aliphatic rings. The third kappa shape index (κ3) is 3.05. The molecule has 7 heteroatoms. The quantitative estimate of drug-likeness (QED) is 0.740. The zero-order chi connectivity index (χ0) is 16.8. The topological polar surface area (TPSA) is 72.4 Å². The monoisotopic (exact) mass is 377 g/mol. The molecular weight excluding hydrogens is 358 g/mol. The molecule has 0 spiro atoms. The van der Waals surface area contributed by atoms with E-state index in [9.17, 15) is 4.79 Å². The van der Waals surface area contributed by atoms with Crippen LogP contribution >= 0.6 is 23.7 Å². The third-order valence-electron chi connectivity index (χ3n) is 4.65. The van der Waals surface area contributed by atoms with Crippen molar-refractivity contribution >= 4 is 40.6 Å². The first-order valence-corrected chi connectivity index (χ1v) is 8.83. The summed E-state index contributed by atoms with van der Waals surface area (Å²) in [5, 5.41) is 1.82. The first-order valence-electron chi connectivity index (χ1n) is 8.02. The zero-order valence-electron chi connectivity index (χ0n) is 14.2. The van der Waals surface area contributed by atoms with Gasteiger partial charge in [0.2, 0.25) is 0 Å². The fourth-order valence-corrected chi connectivity index (χ4v) is 4.08. The molecule has 0 atom stereocenters. The molecule has 1 aliphatic heterocycles. The average molecular weight is 378 g/mol. The maximum Gasteiger partial charge on any atom is 0.258 e. The summed E-state index contributed by atoms with van der Waals surface area (Å²) in [6, 6.07) is 4.02. The highest BCUT2D eigenvalue weighted by atomic mass is 35.5. The molecule has 0 saturated heterocycles. The Hall–Kier alpha value is -1.89. The number of thiazole rings is 1. The van der Waals surface area contributed by atoms with Gasteiger partial charge in [-0.2, -0.15) is 0 Å². The summed E-state index contributed by atoms with van der Waals surface area (Å²) < 4.78 is 5.61. The van der Waals surface area contributed by atoms with Crippen molar-refractivity contribution < 1.29 is 9.21 Å². The minimum atomic E-state index is 0. The molecule has 0 radical (unpaired) electrons. The molecule has 0 bridgehead atoms. The highest BCUT2D eigenvalue weighted by Crippen LogP contribution is 2.29. The van der Waals surface area contributed by atoms with Gasteiger partial charge in [0.15, 0.2) is 0 Å². The highest BCUT2D eigenvalue weighted by Gasteiger charge is 2.26. The van der Waals surface area contributed by atoms with E-state index in [1.807, 2.05) is 30.9 Å². The Labute approximate surface area is 156 Å². The Bertz CT molecular complexity index is 947. The number of aromatic nitrogens is 1. The number of benzene rings is 1. The van der Waals surface area contributed by atoms with Gasteiger partial charge in [-0.15, -0.1) is 23.7 Å². The average Bonchev–Trinajstić information content (AvgIpc) is 3.17. The second-order valence-corrected chi connectivity index (χ2v) is 7.41. The van der Waals surface area contributed by atoms with E-state index in [1.54, 1.807) is 17.6 Å². The molecule has 3 heterocycles. The van der Waals surface area contributed by atoms with Crippen molar-refractivity contribution in [3.05, 3.63) is 50.7 Å². The van der Waals surface area contributed by atoms with Gasteiger partial charge in [0.05, 0.1) is 17.8 Å². The smallest absolute Gasteiger partial charge is 0.258 e. The first kappa shape index (κ1) is 17.9. The Balaban J connectivity index is 0.00000182. The molecule has 1 amide bonds. The number of halogens is 1. The molecule has 5 nitrogen and oxygen atoms in total. The lowest BCUT2D eigenvalue weighted by Gasteiger charge is -2.25. The van der Waals surface area contributed by atoms with Gasteiger partial charge < -0.3 is 15.1 Å². The molecule has 25 heavy (non-hydrogen) atoms. The van der Waals surface area contributed by atoms with Gasteiger partial charge in [-0.05, 0) is 37.1 Å². The van der Waals surface area contributed by atoms with Crippen molar-refractivity contribution in [1.29, 1.82) is 0 Å². The number of aryl methyl sites for hydroxylation is 2. The molecule has 0 aliphatic carbocycles. The van der Waals surface area contributed by atoms with Crippen LogP contribution in [0.25, 0.3) is 11.0 Å². The van der Waals surface area contributed by atoms with Crippen molar-refractivity contribution in [3.8, 4) is 0 Å². The van der Waals surface area contributed by atoms with Crippen molar-refractivity contribution in [2.75, 3.05) is 6.54 Å².